The Bertz CT molecular complexity index is 2430. The van der Waals surface area contributed by atoms with Crippen LogP contribution in [0.25, 0.3) is 17.0 Å². The first-order valence-electron chi connectivity index (χ1n) is 17.9. The van der Waals surface area contributed by atoms with Crippen LogP contribution in [0.3, 0.4) is 0 Å². The van der Waals surface area contributed by atoms with E-state index < -0.39 is 29.7 Å². The SMILES string of the molecule is Cc1ccc(Oc2ccc(Nc3ncnc4ccc(/C=C/CN5CCN(c6ccc7c(c6)C(=O)N(C6CCC(=O)NC6=O)C7=O)CC5=O)cc34)cc2C)cn1. The van der Waals surface area contributed by atoms with Gasteiger partial charge in [-0.05, 0) is 92.1 Å². The fourth-order valence-corrected chi connectivity index (χ4v) is 6.99. The minimum atomic E-state index is -1.04. The smallest absolute Gasteiger partial charge is 0.262 e. The number of anilines is 3. The van der Waals surface area contributed by atoms with Gasteiger partial charge in [0.15, 0.2) is 0 Å². The molecule has 0 bridgehead atoms. The van der Waals surface area contributed by atoms with Gasteiger partial charge in [0.05, 0.1) is 29.4 Å². The number of pyridine rings is 1. The van der Waals surface area contributed by atoms with Gasteiger partial charge in [-0.3, -0.25) is 39.2 Å². The molecule has 1 atom stereocenters. The van der Waals surface area contributed by atoms with E-state index in [2.05, 4.69) is 25.6 Å². The molecule has 1 unspecified atom stereocenters. The predicted octanol–water partition coefficient (Wildman–Crippen LogP) is 4.94. The molecule has 2 fully saturated rings. The Morgan fingerprint density at radius 3 is 2.53 bits per heavy atom. The maximum atomic E-state index is 13.3. The zero-order valence-electron chi connectivity index (χ0n) is 30.1. The van der Waals surface area contributed by atoms with Gasteiger partial charge in [0.25, 0.3) is 11.8 Å². The number of aryl methyl sites for hydroxylation is 2. The zero-order valence-corrected chi connectivity index (χ0v) is 30.1. The molecule has 5 amide bonds. The number of rotatable bonds is 9. The topological polar surface area (TPSA) is 167 Å². The predicted molar refractivity (Wildman–Crippen MR) is 204 cm³/mol. The van der Waals surface area contributed by atoms with Crippen LogP contribution in [0.1, 0.15) is 50.4 Å². The molecule has 3 aromatic carbocycles. The van der Waals surface area contributed by atoms with Gasteiger partial charge in [0.2, 0.25) is 17.7 Å². The Morgan fingerprint density at radius 2 is 1.75 bits per heavy atom. The van der Waals surface area contributed by atoms with Crippen LogP contribution in [0, 0.1) is 13.8 Å². The van der Waals surface area contributed by atoms with Gasteiger partial charge in [-0.1, -0.05) is 18.2 Å². The monoisotopic (exact) mass is 736 g/mol. The fraction of sp³-hybridized carbons (Fsp3) is 0.220. The number of benzene rings is 3. The third-order valence-corrected chi connectivity index (χ3v) is 9.95. The van der Waals surface area contributed by atoms with Crippen molar-refractivity contribution >= 4 is 63.7 Å². The number of aromatic nitrogens is 3. The second-order valence-corrected chi connectivity index (χ2v) is 13.7. The number of ether oxygens (including phenoxy) is 1. The number of nitrogens with zero attached hydrogens (tertiary/aromatic N) is 6. The number of carbonyl (C=O) groups is 5. The van der Waals surface area contributed by atoms with Crippen LogP contribution < -0.4 is 20.3 Å². The molecule has 0 aliphatic carbocycles. The number of nitrogens with one attached hydrogen (secondary N) is 2. The van der Waals surface area contributed by atoms with Gasteiger partial charge in [-0.2, -0.15) is 0 Å². The average molecular weight is 737 g/mol. The molecule has 14 nitrogen and oxygen atoms in total. The van der Waals surface area contributed by atoms with E-state index >= 15 is 0 Å². The lowest BCUT2D eigenvalue weighted by Crippen LogP contribution is -2.54. The first-order chi connectivity index (χ1) is 26.6. The summed E-state index contributed by atoms with van der Waals surface area (Å²) in [6, 6.07) is 19.4. The summed E-state index contributed by atoms with van der Waals surface area (Å²) in [6.07, 6.45) is 7.27. The summed E-state index contributed by atoms with van der Waals surface area (Å²) in [6.45, 7) is 5.40. The molecule has 8 rings (SSSR count). The molecule has 5 heterocycles. The quantitative estimate of drug-likeness (QED) is 0.197. The van der Waals surface area contributed by atoms with Gasteiger partial charge in [0, 0.05) is 48.5 Å². The molecule has 0 radical (unpaired) electrons. The second-order valence-electron chi connectivity index (χ2n) is 13.7. The van der Waals surface area contributed by atoms with Crippen LogP contribution in [-0.4, -0.2) is 86.5 Å². The van der Waals surface area contributed by atoms with E-state index in [1.54, 1.807) is 29.3 Å². The van der Waals surface area contributed by atoms with E-state index in [1.165, 1.54) is 6.33 Å². The molecular weight excluding hydrogens is 701 g/mol. The molecule has 14 heteroatoms. The summed E-state index contributed by atoms with van der Waals surface area (Å²) in [5, 5.41) is 6.46. The lowest BCUT2D eigenvalue weighted by Gasteiger charge is -2.35. The van der Waals surface area contributed by atoms with Gasteiger partial charge in [-0.15, -0.1) is 0 Å². The molecule has 55 heavy (non-hydrogen) atoms. The van der Waals surface area contributed by atoms with Gasteiger partial charge in [0.1, 0.15) is 29.7 Å². The lowest BCUT2D eigenvalue weighted by molar-refractivity contribution is -0.136. The van der Waals surface area contributed by atoms with E-state index in [1.807, 2.05) is 79.4 Å². The average Bonchev–Trinajstić information content (AvgIpc) is 3.42. The molecule has 2 N–H and O–H groups in total. The molecule has 2 saturated heterocycles. The molecular formula is C41H36N8O6. The van der Waals surface area contributed by atoms with E-state index in [9.17, 15) is 24.0 Å². The van der Waals surface area contributed by atoms with Crippen molar-refractivity contribution in [2.24, 2.45) is 0 Å². The van der Waals surface area contributed by atoms with Crippen molar-refractivity contribution in [1.29, 1.82) is 0 Å². The van der Waals surface area contributed by atoms with Crippen LogP contribution in [0.4, 0.5) is 17.2 Å². The highest BCUT2D eigenvalue weighted by Gasteiger charge is 2.45. The fourth-order valence-electron chi connectivity index (χ4n) is 6.99. The van der Waals surface area contributed by atoms with Crippen molar-refractivity contribution in [3.63, 3.8) is 0 Å². The number of piperazine rings is 1. The maximum absolute atomic E-state index is 13.3. The lowest BCUT2D eigenvalue weighted by atomic mass is 10.0. The van der Waals surface area contributed by atoms with Crippen LogP contribution >= 0.6 is 0 Å². The third-order valence-electron chi connectivity index (χ3n) is 9.95. The second kappa shape index (κ2) is 14.5. The first kappa shape index (κ1) is 35.1. The van der Waals surface area contributed by atoms with Crippen molar-refractivity contribution in [3.05, 3.63) is 113 Å². The molecule has 0 saturated carbocycles. The number of hydrogen-bond donors (Lipinski definition) is 2. The molecule has 5 aromatic rings. The van der Waals surface area contributed by atoms with E-state index in [0.29, 0.717) is 36.9 Å². The molecule has 3 aliphatic heterocycles. The Labute approximate surface area is 315 Å². The summed E-state index contributed by atoms with van der Waals surface area (Å²) < 4.78 is 6.03. The van der Waals surface area contributed by atoms with Gasteiger partial charge < -0.3 is 19.9 Å². The third kappa shape index (κ3) is 7.09. The van der Waals surface area contributed by atoms with Crippen molar-refractivity contribution in [2.75, 3.05) is 36.4 Å². The summed E-state index contributed by atoms with van der Waals surface area (Å²) >= 11 is 0. The molecule has 2 aromatic heterocycles. The number of amides is 5. The normalized spacial score (nSPS) is 17.3. The number of imide groups is 2. The van der Waals surface area contributed by atoms with Crippen LogP contribution in [0.15, 0.2) is 85.3 Å². The van der Waals surface area contributed by atoms with Crippen LogP contribution in [0.2, 0.25) is 0 Å². The number of hydrogen-bond acceptors (Lipinski definition) is 11. The highest BCUT2D eigenvalue weighted by Crippen LogP contribution is 2.32. The maximum Gasteiger partial charge on any atom is 0.262 e. The highest BCUT2D eigenvalue weighted by atomic mass is 16.5. The number of piperidine rings is 1. The summed E-state index contributed by atoms with van der Waals surface area (Å²) in [4.78, 5) is 81.5. The van der Waals surface area contributed by atoms with Crippen molar-refractivity contribution in [2.45, 2.75) is 32.7 Å². The molecule has 276 valence electrons. The number of fused-ring (bicyclic) bond motifs is 2. The van der Waals surface area contributed by atoms with E-state index in [-0.39, 0.29) is 36.4 Å². The van der Waals surface area contributed by atoms with E-state index in [0.717, 1.165) is 44.1 Å². The minimum absolute atomic E-state index is 0.0488. The zero-order chi connectivity index (χ0) is 38.2. The summed E-state index contributed by atoms with van der Waals surface area (Å²) in [7, 11) is 0. The van der Waals surface area contributed by atoms with Gasteiger partial charge in [-0.25, -0.2) is 9.97 Å². The minimum Gasteiger partial charge on any atom is -0.455 e. The Balaban J connectivity index is 0.896. The number of carbonyl (C=O) groups excluding carboxylic acids is 5. The first-order valence-corrected chi connectivity index (χ1v) is 17.9. The molecule has 0 spiro atoms. The van der Waals surface area contributed by atoms with E-state index in [4.69, 9.17) is 4.74 Å². The van der Waals surface area contributed by atoms with Gasteiger partial charge >= 0.3 is 0 Å². The van der Waals surface area contributed by atoms with Crippen molar-refractivity contribution in [3.8, 4) is 11.5 Å². The van der Waals surface area contributed by atoms with Crippen LogP contribution in [0.5, 0.6) is 11.5 Å². The summed E-state index contributed by atoms with van der Waals surface area (Å²) in [5.74, 6) is -0.260. The Hall–Kier alpha value is -6.96. The summed E-state index contributed by atoms with van der Waals surface area (Å²) in [5.41, 5.74) is 5.43. The van der Waals surface area contributed by atoms with Crippen molar-refractivity contribution < 1.29 is 28.7 Å². The Kier molecular flexibility index (Phi) is 9.23. The highest BCUT2D eigenvalue weighted by molar-refractivity contribution is 6.23. The Morgan fingerprint density at radius 1 is 0.891 bits per heavy atom. The van der Waals surface area contributed by atoms with Crippen LogP contribution in [-0.2, 0) is 14.4 Å². The van der Waals surface area contributed by atoms with Crippen molar-refractivity contribution in [1.82, 2.24) is 30.1 Å². The standard InChI is InChI=1S/C41H36N8O6/c1-24-18-27(7-13-35(24)55-29-9-5-25(2)42-21-29)45-38-32-19-26(6-11-33(32)43-23-44-38)4-3-15-47-16-17-48(22-37(47)51)28-8-10-30-31(20-28)41(54)49(40(30)53)34-12-14-36(50)46-39(34)52/h3-11,13,18-21,23,34H,12,14-17,22H2,1-2H3,(H,43,44,45)(H,46,50,52)/b4-3+. The molecule has 3 aliphatic rings. The largest absolute Gasteiger partial charge is 0.455 e.